The number of nitrogens with one attached hydrogen (secondary N) is 1. The van der Waals surface area contributed by atoms with E-state index in [1.54, 1.807) is 28.5 Å². The van der Waals surface area contributed by atoms with Crippen LogP contribution in [0.3, 0.4) is 0 Å². The summed E-state index contributed by atoms with van der Waals surface area (Å²) in [4.78, 5) is 36.6. The number of aromatic nitrogens is 2. The summed E-state index contributed by atoms with van der Waals surface area (Å²) in [6, 6.07) is 3.83. The first-order valence-corrected chi connectivity index (χ1v) is 8.91. The fraction of sp³-hybridized carbons (Fsp3) is 0.412. The molecule has 3 heterocycles. The molecule has 0 bridgehead atoms. The lowest BCUT2D eigenvalue weighted by molar-refractivity contribution is -0.117. The molecular weight excluding hydrogens is 324 g/mol. The smallest absolute Gasteiger partial charge is 0.264 e. The van der Waals surface area contributed by atoms with Crippen LogP contribution in [-0.4, -0.2) is 39.8 Å². The number of anilines is 1. The Morgan fingerprint density at radius 2 is 2.29 bits per heavy atom. The van der Waals surface area contributed by atoms with Crippen LogP contribution >= 0.6 is 11.3 Å². The predicted octanol–water partition coefficient (Wildman–Crippen LogP) is 2.23. The number of thiophene rings is 1. The van der Waals surface area contributed by atoms with Gasteiger partial charge in [-0.05, 0) is 37.0 Å². The first-order valence-electron chi connectivity index (χ1n) is 8.09. The van der Waals surface area contributed by atoms with Crippen LogP contribution in [0.4, 0.5) is 5.82 Å². The van der Waals surface area contributed by atoms with Crippen molar-refractivity contribution >= 4 is 29.0 Å². The highest BCUT2D eigenvalue weighted by atomic mass is 32.1. The minimum Gasteiger partial charge on any atom is -0.328 e. The number of fused-ring (bicyclic) bond motifs is 2. The molecule has 0 atom stereocenters. The maximum Gasteiger partial charge on any atom is 0.264 e. The Bertz CT molecular complexity index is 798. The summed E-state index contributed by atoms with van der Waals surface area (Å²) >= 11 is 1.58. The molecule has 0 radical (unpaired) electrons. The normalized spacial score (nSPS) is 17.7. The van der Waals surface area contributed by atoms with Crippen molar-refractivity contribution in [3.05, 3.63) is 40.0 Å². The largest absolute Gasteiger partial charge is 0.328 e. The molecular formula is C17H18N4O2S. The molecule has 0 aromatic carbocycles. The van der Waals surface area contributed by atoms with E-state index in [4.69, 9.17) is 0 Å². The van der Waals surface area contributed by atoms with Gasteiger partial charge < -0.3 is 10.2 Å². The van der Waals surface area contributed by atoms with Gasteiger partial charge >= 0.3 is 0 Å². The molecule has 1 saturated carbocycles. The third-order valence-electron chi connectivity index (χ3n) is 4.72. The Hall–Kier alpha value is -2.28. The van der Waals surface area contributed by atoms with Gasteiger partial charge in [-0.3, -0.25) is 9.59 Å². The highest BCUT2D eigenvalue weighted by Gasteiger charge is 2.52. The van der Waals surface area contributed by atoms with Gasteiger partial charge in [-0.15, -0.1) is 11.3 Å². The number of amides is 2. The van der Waals surface area contributed by atoms with Gasteiger partial charge in [-0.25, -0.2) is 9.97 Å². The average molecular weight is 342 g/mol. The molecule has 1 N–H and O–H groups in total. The van der Waals surface area contributed by atoms with Gasteiger partial charge in [0.15, 0.2) is 0 Å². The molecule has 7 heteroatoms. The van der Waals surface area contributed by atoms with E-state index in [1.807, 2.05) is 0 Å². The average Bonchev–Trinajstić information content (AvgIpc) is 3.20. The summed E-state index contributed by atoms with van der Waals surface area (Å²) in [5.41, 5.74) is 1.30. The van der Waals surface area contributed by atoms with Crippen molar-refractivity contribution in [2.45, 2.75) is 31.6 Å². The van der Waals surface area contributed by atoms with Crippen molar-refractivity contribution in [2.24, 2.45) is 0 Å². The molecule has 24 heavy (non-hydrogen) atoms. The zero-order valence-electron chi connectivity index (χ0n) is 13.4. The summed E-state index contributed by atoms with van der Waals surface area (Å²) in [5, 5.41) is 2.72. The molecule has 2 aromatic heterocycles. The van der Waals surface area contributed by atoms with Gasteiger partial charge in [0.25, 0.3) is 5.91 Å². The molecule has 124 valence electrons. The summed E-state index contributed by atoms with van der Waals surface area (Å²) in [5.74, 6) is 0.198. The van der Waals surface area contributed by atoms with Crippen LogP contribution in [0.25, 0.3) is 0 Å². The van der Waals surface area contributed by atoms with Crippen LogP contribution in [0.1, 0.15) is 39.9 Å². The van der Waals surface area contributed by atoms with Crippen LogP contribution in [0.15, 0.2) is 24.7 Å². The highest BCUT2D eigenvalue weighted by molar-refractivity contribution is 7.14. The van der Waals surface area contributed by atoms with Gasteiger partial charge in [0, 0.05) is 23.0 Å². The van der Waals surface area contributed by atoms with E-state index in [9.17, 15) is 9.59 Å². The lowest BCUT2D eigenvalue weighted by Gasteiger charge is -2.32. The Balaban J connectivity index is 1.52. The maximum atomic E-state index is 12.8. The number of rotatable bonds is 4. The topological polar surface area (TPSA) is 75.2 Å². The Morgan fingerprint density at radius 1 is 1.46 bits per heavy atom. The fourth-order valence-corrected chi connectivity index (χ4v) is 4.45. The molecule has 0 unspecified atom stereocenters. The highest BCUT2D eigenvalue weighted by Crippen LogP contribution is 2.54. The third-order valence-corrected chi connectivity index (χ3v) is 5.98. The maximum absolute atomic E-state index is 12.8. The zero-order chi connectivity index (χ0) is 16.7. The number of nitrogens with zero attached hydrogens (tertiary/aromatic N) is 3. The van der Waals surface area contributed by atoms with E-state index in [0.29, 0.717) is 12.4 Å². The van der Waals surface area contributed by atoms with E-state index in [2.05, 4.69) is 28.3 Å². The summed E-state index contributed by atoms with van der Waals surface area (Å²) < 4.78 is 0. The Kier molecular flexibility index (Phi) is 3.60. The van der Waals surface area contributed by atoms with Crippen LogP contribution in [0.2, 0.25) is 0 Å². The van der Waals surface area contributed by atoms with E-state index in [0.717, 1.165) is 24.1 Å². The van der Waals surface area contributed by atoms with Crippen molar-refractivity contribution in [3.63, 3.8) is 0 Å². The molecule has 2 amide bonds. The minimum absolute atomic E-state index is 0.0231. The number of carbonyl (C=O) groups excluding carboxylic acids is 2. The van der Waals surface area contributed by atoms with Gasteiger partial charge in [-0.1, -0.05) is 6.92 Å². The number of hydrogen-bond acceptors (Lipinski definition) is 5. The molecule has 4 rings (SSSR count). The molecule has 0 saturated heterocycles. The quantitative estimate of drug-likeness (QED) is 0.924. The standard InChI is InChI=1S/C17H18N4O2S/c1-2-11-7-12-15(24-11)16(23)21(9-17(12)4-5-17)8-14(22)20-13-3-6-18-10-19-13/h3,6-7,10H,2,4-5,8-9H2,1H3,(H,18,19,20,22). The van der Waals surface area contributed by atoms with Crippen molar-refractivity contribution in [2.75, 3.05) is 18.4 Å². The van der Waals surface area contributed by atoms with Gasteiger partial charge in [0.2, 0.25) is 5.91 Å². The van der Waals surface area contributed by atoms with Crippen molar-refractivity contribution in [3.8, 4) is 0 Å². The predicted molar refractivity (Wildman–Crippen MR) is 91.2 cm³/mol. The lowest BCUT2D eigenvalue weighted by atomic mass is 9.91. The van der Waals surface area contributed by atoms with Crippen LogP contribution in [-0.2, 0) is 16.6 Å². The number of carbonyl (C=O) groups is 2. The van der Waals surface area contributed by atoms with Crippen LogP contribution < -0.4 is 5.32 Å². The van der Waals surface area contributed by atoms with Crippen molar-refractivity contribution in [1.82, 2.24) is 14.9 Å². The van der Waals surface area contributed by atoms with Gasteiger partial charge in [0.1, 0.15) is 18.7 Å². The van der Waals surface area contributed by atoms with Gasteiger partial charge in [-0.2, -0.15) is 0 Å². The Labute approximate surface area is 143 Å². The third kappa shape index (κ3) is 2.58. The SMILES string of the molecule is CCc1cc2c(s1)C(=O)N(CC(=O)Nc1ccncn1)CC21CC1. The minimum atomic E-state index is -0.228. The molecule has 1 fully saturated rings. The van der Waals surface area contributed by atoms with E-state index >= 15 is 0 Å². The first kappa shape index (κ1) is 15.3. The lowest BCUT2D eigenvalue weighted by Crippen LogP contribution is -2.46. The van der Waals surface area contributed by atoms with Crippen LogP contribution in [0.5, 0.6) is 0 Å². The molecule has 1 spiro atoms. The fourth-order valence-electron chi connectivity index (χ4n) is 3.26. The van der Waals surface area contributed by atoms with E-state index in [-0.39, 0.29) is 23.8 Å². The van der Waals surface area contributed by atoms with Crippen LogP contribution in [0, 0.1) is 0 Å². The zero-order valence-corrected chi connectivity index (χ0v) is 14.2. The second kappa shape index (κ2) is 5.66. The molecule has 2 aliphatic rings. The van der Waals surface area contributed by atoms with Crippen molar-refractivity contribution in [1.29, 1.82) is 0 Å². The molecule has 1 aliphatic heterocycles. The molecule has 6 nitrogen and oxygen atoms in total. The van der Waals surface area contributed by atoms with E-state index < -0.39 is 0 Å². The number of aryl methyl sites for hydroxylation is 1. The molecule has 2 aromatic rings. The summed E-state index contributed by atoms with van der Waals surface area (Å²) in [6.07, 6.45) is 6.08. The summed E-state index contributed by atoms with van der Waals surface area (Å²) in [6.45, 7) is 2.80. The van der Waals surface area contributed by atoms with Crippen molar-refractivity contribution < 1.29 is 9.59 Å². The van der Waals surface area contributed by atoms with Gasteiger partial charge in [0.05, 0.1) is 4.88 Å². The monoisotopic (exact) mass is 342 g/mol. The second-order valence-corrected chi connectivity index (χ2v) is 7.53. The first-order chi connectivity index (χ1) is 11.6. The summed E-state index contributed by atoms with van der Waals surface area (Å²) in [7, 11) is 0. The van der Waals surface area contributed by atoms with E-state index in [1.165, 1.54) is 16.8 Å². The Morgan fingerprint density at radius 3 is 2.96 bits per heavy atom. The number of hydrogen-bond donors (Lipinski definition) is 1. The second-order valence-electron chi connectivity index (χ2n) is 6.39. The molecule has 1 aliphatic carbocycles.